The van der Waals surface area contributed by atoms with Gasteiger partial charge in [-0.15, -0.1) is 0 Å². The summed E-state index contributed by atoms with van der Waals surface area (Å²) in [6.07, 6.45) is 2.81. The number of likely N-dealkylation sites (N-methyl/N-ethyl adjacent to an activating group) is 1. The van der Waals surface area contributed by atoms with Crippen LogP contribution < -0.4 is 0 Å². The average Bonchev–Trinajstić information content (AvgIpc) is 2.68. The van der Waals surface area contributed by atoms with E-state index in [1.165, 1.54) is 16.4 Å². The molecule has 0 spiro atoms. The van der Waals surface area contributed by atoms with Gasteiger partial charge in [-0.2, -0.15) is 4.31 Å². The van der Waals surface area contributed by atoms with Crippen LogP contribution in [0.15, 0.2) is 23.1 Å². The molecule has 0 aliphatic carbocycles. The Bertz CT molecular complexity index is 607. The Morgan fingerprint density at radius 1 is 1.33 bits per heavy atom. The third-order valence-corrected chi connectivity index (χ3v) is 6.02. The SMILES string of the molecule is CN(C)[C@H]1CCCCN(S(=O)(=O)c2ccc(F)c(Cl)c2)C1. The average molecular weight is 335 g/mol. The maximum Gasteiger partial charge on any atom is 0.243 e. The van der Waals surface area contributed by atoms with Crippen molar-refractivity contribution in [3.05, 3.63) is 29.0 Å². The fraction of sp³-hybridized carbons (Fsp3) is 0.571. The van der Waals surface area contributed by atoms with Crippen LogP contribution in [0.4, 0.5) is 4.39 Å². The second-order valence-electron chi connectivity index (χ2n) is 5.55. The first-order valence-corrected chi connectivity index (χ1v) is 8.76. The van der Waals surface area contributed by atoms with Crippen molar-refractivity contribution in [3.63, 3.8) is 0 Å². The largest absolute Gasteiger partial charge is 0.305 e. The molecule has 1 heterocycles. The summed E-state index contributed by atoms with van der Waals surface area (Å²) >= 11 is 5.70. The zero-order valence-electron chi connectivity index (χ0n) is 12.2. The number of rotatable bonds is 3. The van der Waals surface area contributed by atoms with E-state index in [0.29, 0.717) is 13.1 Å². The van der Waals surface area contributed by atoms with E-state index in [9.17, 15) is 12.8 Å². The smallest absolute Gasteiger partial charge is 0.243 e. The van der Waals surface area contributed by atoms with Gasteiger partial charge in [-0.25, -0.2) is 12.8 Å². The summed E-state index contributed by atoms with van der Waals surface area (Å²) in [5.41, 5.74) is 0. The van der Waals surface area contributed by atoms with E-state index >= 15 is 0 Å². The summed E-state index contributed by atoms with van der Waals surface area (Å²) in [5.74, 6) is -0.613. The van der Waals surface area contributed by atoms with Crippen molar-refractivity contribution in [1.82, 2.24) is 9.21 Å². The fourth-order valence-corrected chi connectivity index (χ4v) is 4.30. The molecule has 118 valence electrons. The van der Waals surface area contributed by atoms with E-state index in [1.54, 1.807) is 0 Å². The van der Waals surface area contributed by atoms with Gasteiger partial charge in [0.25, 0.3) is 0 Å². The summed E-state index contributed by atoms with van der Waals surface area (Å²) in [5, 5.41) is -0.171. The van der Waals surface area contributed by atoms with E-state index < -0.39 is 15.8 Å². The highest BCUT2D eigenvalue weighted by Crippen LogP contribution is 2.25. The van der Waals surface area contributed by atoms with Crippen LogP contribution in [0.2, 0.25) is 5.02 Å². The van der Waals surface area contributed by atoms with Gasteiger partial charge in [0.15, 0.2) is 0 Å². The van der Waals surface area contributed by atoms with E-state index in [2.05, 4.69) is 0 Å². The Kier molecular flexibility index (Phi) is 5.24. The lowest BCUT2D eigenvalue weighted by Crippen LogP contribution is -2.41. The minimum Gasteiger partial charge on any atom is -0.305 e. The van der Waals surface area contributed by atoms with Crippen LogP contribution in [0.25, 0.3) is 0 Å². The van der Waals surface area contributed by atoms with Gasteiger partial charge in [0, 0.05) is 19.1 Å². The Labute approximate surface area is 130 Å². The summed E-state index contributed by atoms with van der Waals surface area (Å²) in [7, 11) is 0.272. The van der Waals surface area contributed by atoms with Gasteiger partial charge in [0.05, 0.1) is 9.92 Å². The lowest BCUT2D eigenvalue weighted by Gasteiger charge is -2.28. The minimum atomic E-state index is -3.64. The highest BCUT2D eigenvalue weighted by Gasteiger charge is 2.30. The third kappa shape index (κ3) is 3.74. The van der Waals surface area contributed by atoms with Gasteiger partial charge in [0.1, 0.15) is 5.82 Å². The van der Waals surface area contributed by atoms with Gasteiger partial charge < -0.3 is 4.90 Å². The van der Waals surface area contributed by atoms with Crippen LogP contribution in [0.5, 0.6) is 0 Å². The Hall–Kier alpha value is -0.690. The lowest BCUT2D eigenvalue weighted by molar-refractivity contribution is 0.248. The molecule has 0 amide bonds. The molecule has 0 radical (unpaired) electrons. The first-order chi connectivity index (χ1) is 9.82. The molecule has 1 aromatic carbocycles. The molecule has 0 N–H and O–H groups in total. The van der Waals surface area contributed by atoms with Crippen LogP contribution in [-0.2, 0) is 10.0 Å². The molecule has 1 aliphatic heterocycles. The highest BCUT2D eigenvalue weighted by atomic mass is 35.5. The summed E-state index contributed by atoms with van der Waals surface area (Å²) in [6.45, 7) is 0.937. The van der Waals surface area contributed by atoms with E-state index in [0.717, 1.165) is 25.3 Å². The van der Waals surface area contributed by atoms with Crippen molar-refractivity contribution < 1.29 is 12.8 Å². The molecule has 1 saturated heterocycles. The third-order valence-electron chi connectivity index (χ3n) is 3.87. The van der Waals surface area contributed by atoms with Crippen LogP contribution in [0.1, 0.15) is 19.3 Å². The van der Waals surface area contributed by atoms with Crippen LogP contribution in [0.3, 0.4) is 0 Å². The van der Waals surface area contributed by atoms with Gasteiger partial charge in [-0.1, -0.05) is 18.0 Å². The first kappa shape index (κ1) is 16.7. The van der Waals surface area contributed by atoms with Crippen LogP contribution in [0, 0.1) is 5.82 Å². The molecule has 4 nitrogen and oxygen atoms in total. The van der Waals surface area contributed by atoms with Crippen molar-refractivity contribution in [2.45, 2.75) is 30.2 Å². The second-order valence-corrected chi connectivity index (χ2v) is 7.90. The maximum atomic E-state index is 13.2. The molecule has 1 atom stereocenters. The molecule has 1 aromatic rings. The first-order valence-electron chi connectivity index (χ1n) is 6.94. The molecule has 2 rings (SSSR count). The van der Waals surface area contributed by atoms with Gasteiger partial charge >= 0.3 is 0 Å². The number of hydrogen-bond donors (Lipinski definition) is 0. The number of benzene rings is 1. The van der Waals surface area contributed by atoms with Crippen molar-refractivity contribution in [2.24, 2.45) is 0 Å². The quantitative estimate of drug-likeness (QED) is 0.853. The van der Waals surface area contributed by atoms with Crippen molar-refractivity contribution in [2.75, 3.05) is 27.2 Å². The molecular formula is C14H20ClFN2O2S. The van der Waals surface area contributed by atoms with E-state index in [-0.39, 0.29) is 16.0 Å². The predicted molar refractivity (Wildman–Crippen MR) is 81.5 cm³/mol. The topological polar surface area (TPSA) is 40.6 Å². The van der Waals surface area contributed by atoms with Crippen molar-refractivity contribution >= 4 is 21.6 Å². The fourth-order valence-electron chi connectivity index (χ4n) is 2.51. The normalized spacial score (nSPS) is 21.5. The summed E-state index contributed by atoms with van der Waals surface area (Å²) in [4.78, 5) is 2.10. The standard InChI is InChI=1S/C14H20ClFN2O2S/c1-17(2)11-5-3-4-8-18(10-11)21(19,20)12-6-7-14(16)13(15)9-12/h6-7,9,11H,3-5,8,10H2,1-2H3/t11-/m0/s1. The zero-order valence-corrected chi connectivity index (χ0v) is 13.8. The van der Waals surface area contributed by atoms with Gasteiger partial charge in [-0.05, 0) is 45.1 Å². The maximum absolute atomic E-state index is 13.2. The molecule has 0 bridgehead atoms. The van der Waals surface area contributed by atoms with E-state index in [4.69, 9.17) is 11.6 Å². The minimum absolute atomic E-state index is 0.0494. The number of hydrogen-bond acceptors (Lipinski definition) is 3. The Morgan fingerprint density at radius 2 is 2.05 bits per heavy atom. The number of halogens is 2. The van der Waals surface area contributed by atoms with Crippen molar-refractivity contribution in [1.29, 1.82) is 0 Å². The second kappa shape index (κ2) is 6.60. The van der Waals surface area contributed by atoms with Crippen molar-refractivity contribution in [3.8, 4) is 0 Å². The summed E-state index contributed by atoms with van der Waals surface area (Å²) < 4.78 is 40.1. The molecule has 1 fully saturated rings. The molecule has 0 saturated carbocycles. The predicted octanol–water partition coefficient (Wildman–Crippen LogP) is 2.58. The van der Waals surface area contributed by atoms with E-state index in [1.807, 2.05) is 19.0 Å². The molecular weight excluding hydrogens is 315 g/mol. The molecule has 7 heteroatoms. The lowest BCUT2D eigenvalue weighted by atomic mass is 10.1. The zero-order chi connectivity index (χ0) is 15.6. The number of nitrogens with zero attached hydrogens (tertiary/aromatic N) is 2. The Morgan fingerprint density at radius 3 is 2.67 bits per heavy atom. The monoisotopic (exact) mass is 334 g/mol. The van der Waals surface area contributed by atoms with Crippen LogP contribution in [-0.4, -0.2) is 50.8 Å². The van der Waals surface area contributed by atoms with Gasteiger partial charge in [-0.3, -0.25) is 0 Å². The van der Waals surface area contributed by atoms with Gasteiger partial charge in [0.2, 0.25) is 10.0 Å². The molecule has 1 aliphatic rings. The highest BCUT2D eigenvalue weighted by molar-refractivity contribution is 7.89. The molecule has 0 aromatic heterocycles. The molecule has 0 unspecified atom stereocenters. The summed E-state index contributed by atoms with van der Waals surface area (Å²) in [6, 6.07) is 3.74. The number of sulfonamides is 1. The Balaban J connectivity index is 2.30. The van der Waals surface area contributed by atoms with Crippen LogP contribution >= 0.6 is 11.6 Å². The molecule has 21 heavy (non-hydrogen) atoms.